The maximum atomic E-state index is 3.49. The van der Waals surface area contributed by atoms with E-state index in [-0.39, 0.29) is 0 Å². The third kappa shape index (κ3) is 3.92. The standard InChI is InChI=1S/C13H22N2/c1-4-12(14-5-2)11-15(3)13-9-7-6-8-10-13/h6-10,12,14H,4-5,11H2,1-3H3. The Hall–Kier alpha value is -1.02. The van der Waals surface area contributed by atoms with Crippen LogP contribution in [-0.2, 0) is 0 Å². The number of anilines is 1. The zero-order valence-electron chi connectivity index (χ0n) is 10.0. The fourth-order valence-corrected chi connectivity index (χ4v) is 1.75. The van der Waals surface area contributed by atoms with Crippen LogP contribution in [0.3, 0.4) is 0 Å². The highest BCUT2D eigenvalue weighted by Crippen LogP contribution is 2.11. The molecule has 1 N–H and O–H groups in total. The molecule has 1 aromatic rings. The van der Waals surface area contributed by atoms with Gasteiger partial charge in [0.25, 0.3) is 0 Å². The van der Waals surface area contributed by atoms with E-state index in [1.54, 1.807) is 0 Å². The topological polar surface area (TPSA) is 15.3 Å². The van der Waals surface area contributed by atoms with E-state index < -0.39 is 0 Å². The number of rotatable bonds is 6. The molecule has 0 fully saturated rings. The van der Waals surface area contributed by atoms with Crippen LogP contribution in [0.5, 0.6) is 0 Å². The maximum Gasteiger partial charge on any atom is 0.0364 e. The predicted octanol–water partition coefficient (Wildman–Crippen LogP) is 2.51. The van der Waals surface area contributed by atoms with E-state index in [9.17, 15) is 0 Å². The second-order valence-corrected chi connectivity index (χ2v) is 3.88. The van der Waals surface area contributed by atoms with E-state index in [0.29, 0.717) is 6.04 Å². The molecule has 1 aromatic carbocycles. The normalized spacial score (nSPS) is 12.5. The van der Waals surface area contributed by atoms with E-state index in [1.165, 1.54) is 12.1 Å². The number of nitrogens with zero attached hydrogens (tertiary/aromatic N) is 1. The van der Waals surface area contributed by atoms with Crippen LogP contribution in [-0.4, -0.2) is 26.2 Å². The van der Waals surface area contributed by atoms with Crippen molar-refractivity contribution in [2.24, 2.45) is 0 Å². The lowest BCUT2D eigenvalue weighted by Gasteiger charge is -2.25. The summed E-state index contributed by atoms with van der Waals surface area (Å²) in [5.74, 6) is 0. The zero-order valence-corrected chi connectivity index (χ0v) is 10.0. The fourth-order valence-electron chi connectivity index (χ4n) is 1.75. The molecule has 0 bridgehead atoms. The molecule has 1 unspecified atom stereocenters. The summed E-state index contributed by atoms with van der Waals surface area (Å²) in [5, 5.41) is 3.49. The highest BCUT2D eigenvalue weighted by atomic mass is 15.1. The average molecular weight is 206 g/mol. The first-order valence-electron chi connectivity index (χ1n) is 5.77. The van der Waals surface area contributed by atoms with E-state index in [1.807, 2.05) is 0 Å². The summed E-state index contributed by atoms with van der Waals surface area (Å²) >= 11 is 0. The van der Waals surface area contributed by atoms with Gasteiger partial charge in [0.1, 0.15) is 0 Å². The van der Waals surface area contributed by atoms with Crippen molar-refractivity contribution in [3.05, 3.63) is 30.3 Å². The molecule has 0 saturated carbocycles. The Labute approximate surface area is 93.3 Å². The molecule has 0 spiro atoms. The van der Waals surface area contributed by atoms with Crippen molar-refractivity contribution in [2.45, 2.75) is 26.3 Å². The number of nitrogens with one attached hydrogen (secondary N) is 1. The number of likely N-dealkylation sites (N-methyl/N-ethyl adjacent to an activating group) is 2. The molecule has 15 heavy (non-hydrogen) atoms. The van der Waals surface area contributed by atoms with Gasteiger partial charge in [-0.05, 0) is 25.1 Å². The molecule has 0 aromatic heterocycles. The number of para-hydroxylation sites is 1. The number of benzene rings is 1. The molecule has 0 aliphatic carbocycles. The van der Waals surface area contributed by atoms with Crippen molar-refractivity contribution in [1.29, 1.82) is 0 Å². The fraction of sp³-hybridized carbons (Fsp3) is 0.538. The second-order valence-electron chi connectivity index (χ2n) is 3.88. The summed E-state index contributed by atoms with van der Waals surface area (Å²) < 4.78 is 0. The van der Waals surface area contributed by atoms with Crippen LogP contribution in [0.4, 0.5) is 5.69 Å². The van der Waals surface area contributed by atoms with Gasteiger partial charge in [-0.15, -0.1) is 0 Å². The Morgan fingerprint density at radius 1 is 1.20 bits per heavy atom. The summed E-state index contributed by atoms with van der Waals surface area (Å²) in [6.45, 7) is 6.49. The Morgan fingerprint density at radius 2 is 1.87 bits per heavy atom. The average Bonchev–Trinajstić information content (AvgIpc) is 2.29. The van der Waals surface area contributed by atoms with Crippen molar-refractivity contribution >= 4 is 5.69 Å². The summed E-state index contributed by atoms with van der Waals surface area (Å²) in [5.41, 5.74) is 1.29. The summed E-state index contributed by atoms with van der Waals surface area (Å²) in [7, 11) is 2.15. The van der Waals surface area contributed by atoms with Crippen molar-refractivity contribution in [3.63, 3.8) is 0 Å². The van der Waals surface area contributed by atoms with Gasteiger partial charge in [-0.1, -0.05) is 32.0 Å². The zero-order chi connectivity index (χ0) is 11.1. The third-order valence-corrected chi connectivity index (χ3v) is 2.68. The third-order valence-electron chi connectivity index (χ3n) is 2.68. The number of hydrogen-bond donors (Lipinski definition) is 1. The lowest BCUT2D eigenvalue weighted by Crippen LogP contribution is -2.39. The SMILES string of the molecule is CCNC(CC)CN(C)c1ccccc1. The van der Waals surface area contributed by atoms with Crippen molar-refractivity contribution in [3.8, 4) is 0 Å². The number of hydrogen-bond acceptors (Lipinski definition) is 2. The lowest BCUT2D eigenvalue weighted by atomic mass is 10.2. The van der Waals surface area contributed by atoms with Crippen LogP contribution < -0.4 is 10.2 Å². The molecule has 0 heterocycles. The van der Waals surface area contributed by atoms with Crippen LogP contribution >= 0.6 is 0 Å². The van der Waals surface area contributed by atoms with E-state index in [4.69, 9.17) is 0 Å². The van der Waals surface area contributed by atoms with Crippen LogP contribution in [0.2, 0.25) is 0 Å². The largest absolute Gasteiger partial charge is 0.373 e. The van der Waals surface area contributed by atoms with Gasteiger partial charge < -0.3 is 10.2 Å². The van der Waals surface area contributed by atoms with Crippen molar-refractivity contribution in [2.75, 3.05) is 25.0 Å². The van der Waals surface area contributed by atoms with Crippen LogP contribution in [0.1, 0.15) is 20.3 Å². The lowest BCUT2D eigenvalue weighted by molar-refractivity contribution is 0.512. The van der Waals surface area contributed by atoms with Gasteiger partial charge >= 0.3 is 0 Å². The van der Waals surface area contributed by atoms with Crippen molar-refractivity contribution < 1.29 is 0 Å². The van der Waals surface area contributed by atoms with E-state index in [0.717, 1.165) is 13.1 Å². The molecule has 84 valence electrons. The van der Waals surface area contributed by atoms with E-state index in [2.05, 4.69) is 61.4 Å². The van der Waals surface area contributed by atoms with Crippen LogP contribution in [0.15, 0.2) is 30.3 Å². The molecule has 2 nitrogen and oxygen atoms in total. The van der Waals surface area contributed by atoms with Gasteiger partial charge in [-0.3, -0.25) is 0 Å². The molecule has 0 aliphatic heterocycles. The smallest absolute Gasteiger partial charge is 0.0364 e. The highest BCUT2D eigenvalue weighted by molar-refractivity contribution is 5.45. The Balaban J connectivity index is 2.50. The molecule has 0 aliphatic rings. The Kier molecular flexibility index (Phi) is 5.19. The first-order chi connectivity index (χ1) is 7.27. The van der Waals surface area contributed by atoms with Gasteiger partial charge in [0.15, 0.2) is 0 Å². The monoisotopic (exact) mass is 206 g/mol. The summed E-state index contributed by atoms with van der Waals surface area (Å²) in [4.78, 5) is 2.30. The van der Waals surface area contributed by atoms with Gasteiger partial charge in [-0.2, -0.15) is 0 Å². The molecule has 2 heteroatoms. The molecule has 1 atom stereocenters. The molecule has 0 saturated heterocycles. The molecule has 1 rings (SSSR count). The predicted molar refractivity (Wildman–Crippen MR) is 67.5 cm³/mol. The maximum absolute atomic E-state index is 3.49. The van der Waals surface area contributed by atoms with Gasteiger partial charge in [0, 0.05) is 25.3 Å². The van der Waals surface area contributed by atoms with Gasteiger partial charge in [0.2, 0.25) is 0 Å². The van der Waals surface area contributed by atoms with Gasteiger partial charge in [-0.25, -0.2) is 0 Å². The van der Waals surface area contributed by atoms with Crippen molar-refractivity contribution in [1.82, 2.24) is 5.32 Å². The van der Waals surface area contributed by atoms with Crippen LogP contribution in [0, 0.1) is 0 Å². The first-order valence-corrected chi connectivity index (χ1v) is 5.77. The highest BCUT2D eigenvalue weighted by Gasteiger charge is 2.08. The van der Waals surface area contributed by atoms with Gasteiger partial charge in [0.05, 0.1) is 0 Å². The Bertz CT molecular complexity index is 258. The molecular formula is C13H22N2. The van der Waals surface area contributed by atoms with E-state index >= 15 is 0 Å². The molecular weight excluding hydrogens is 184 g/mol. The molecule has 0 radical (unpaired) electrons. The summed E-state index contributed by atoms with van der Waals surface area (Å²) in [6, 6.07) is 11.1. The summed E-state index contributed by atoms with van der Waals surface area (Å²) in [6.07, 6.45) is 1.17. The molecule has 0 amide bonds. The second kappa shape index (κ2) is 6.46. The Morgan fingerprint density at radius 3 is 2.40 bits per heavy atom. The minimum absolute atomic E-state index is 0.584. The van der Waals surface area contributed by atoms with Crippen LogP contribution in [0.25, 0.3) is 0 Å². The minimum Gasteiger partial charge on any atom is -0.373 e. The quantitative estimate of drug-likeness (QED) is 0.769. The minimum atomic E-state index is 0.584. The first kappa shape index (κ1) is 12.1.